The van der Waals surface area contributed by atoms with Crippen LogP contribution in [0.4, 0.5) is 4.39 Å². The summed E-state index contributed by atoms with van der Waals surface area (Å²) < 4.78 is 13.4. The highest BCUT2D eigenvalue weighted by Crippen LogP contribution is 2.42. The van der Waals surface area contributed by atoms with Gasteiger partial charge in [0.15, 0.2) is 0 Å². The second kappa shape index (κ2) is 10.1. The molecule has 29 heavy (non-hydrogen) atoms. The first-order valence-corrected chi connectivity index (χ1v) is 11.2. The van der Waals surface area contributed by atoms with Crippen molar-refractivity contribution in [1.29, 1.82) is 0 Å². The summed E-state index contributed by atoms with van der Waals surface area (Å²) in [7, 11) is 0. The van der Waals surface area contributed by atoms with Gasteiger partial charge in [-0.2, -0.15) is 0 Å². The SMILES string of the molecule is CCCCCNC(=O)C1CSC(c2ccc(F)cc2)N1C(=O)c1ccccc1Cl. The van der Waals surface area contributed by atoms with Crippen LogP contribution in [-0.2, 0) is 4.79 Å². The topological polar surface area (TPSA) is 49.4 Å². The molecule has 1 heterocycles. The normalized spacial score (nSPS) is 18.7. The predicted octanol–water partition coefficient (Wildman–Crippen LogP) is 5.04. The molecule has 0 spiro atoms. The number of hydrogen-bond acceptors (Lipinski definition) is 3. The molecule has 3 rings (SSSR count). The number of benzene rings is 2. The highest BCUT2D eigenvalue weighted by Gasteiger charge is 2.42. The van der Waals surface area contributed by atoms with Gasteiger partial charge in [-0.25, -0.2) is 4.39 Å². The van der Waals surface area contributed by atoms with E-state index in [0.717, 1.165) is 24.8 Å². The molecule has 0 saturated carbocycles. The Kier molecular flexibility index (Phi) is 7.56. The van der Waals surface area contributed by atoms with Crippen LogP contribution in [0.1, 0.15) is 47.5 Å². The minimum Gasteiger partial charge on any atom is -0.354 e. The Hall–Kier alpha value is -2.05. The molecule has 2 atom stereocenters. The van der Waals surface area contributed by atoms with E-state index in [-0.39, 0.29) is 23.0 Å². The van der Waals surface area contributed by atoms with Gasteiger partial charge in [0.25, 0.3) is 5.91 Å². The van der Waals surface area contributed by atoms with E-state index in [9.17, 15) is 14.0 Å². The van der Waals surface area contributed by atoms with Crippen LogP contribution in [0.15, 0.2) is 48.5 Å². The molecule has 7 heteroatoms. The zero-order valence-corrected chi connectivity index (χ0v) is 17.8. The number of carbonyl (C=O) groups is 2. The first-order chi connectivity index (χ1) is 14.0. The van der Waals surface area contributed by atoms with E-state index >= 15 is 0 Å². The second-order valence-corrected chi connectivity index (χ2v) is 8.46. The minimum absolute atomic E-state index is 0.168. The third kappa shape index (κ3) is 5.11. The third-order valence-corrected chi connectivity index (χ3v) is 6.53. The Morgan fingerprint density at radius 1 is 1.17 bits per heavy atom. The van der Waals surface area contributed by atoms with Crippen molar-refractivity contribution in [2.45, 2.75) is 37.6 Å². The molecule has 0 bridgehead atoms. The lowest BCUT2D eigenvalue weighted by Crippen LogP contribution is -2.48. The summed E-state index contributed by atoms with van der Waals surface area (Å²) in [6, 6.07) is 12.3. The van der Waals surface area contributed by atoms with Gasteiger partial charge in [0.2, 0.25) is 5.91 Å². The Labute approximate surface area is 179 Å². The minimum atomic E-state index is -0.611. The summed E-state index contributed by atoms with van der Waals surface area (Å²) >= 11 is 7.75. The van der Waals surface area contributed by atoms with Crippen LogP contribution in [0, 0.1) is 5.82 Å². The molecule has 1 saturated heterocycles. The molecule has 1 N–H and O–H groups in total. The maximum absolute atomic E-state index is 13.4. The van der Waals surface area contributed by atoms with Crippen LogP contribution in [0.5, 0.6) is 0 Å². The number of amides is 2. The van der Waals surface area contributed by atoms with E-state index < -0.39 is 6.04 Å². The number of halogens is 2. The van der Waals surface area contributed by atoms with Gasteiger partial charge in [-0.05, 0) is 36.2 Å². The number of nitrogens with zero attached hydrogens (tertiary/aromatic N) is 1. The average Bonchev–Trinajstić information content (AvgIpc) is 3.16. The molecule has 1 aliphatic rings. The van der Waals surface area contributed by atoms with E-state index in [1.807, 2.05) is 0 Å². The fourth-order valence-electron chi connectivity index (χ4n) is 3.32. The van der Waals surface area contributed by atoms with Crippen molar-refractivity contribution in [2.75, 3.05) is 12.3 Å². The lowest BCUT2D eigenvalue weighted by atomic mass is 10.1. The van der Waals surface area contributed by atoms with Gasteiger partial charge in [-0.3, -0.25) is 9.59 Å². The summed E-state index contributed by atoms with van der Waals surface area (Å²) in [5, 5.41) is 2.91. The van der Waals surface area contributed by atoms with Crippen molar-refractivity contribution in [3.05, 3.63) is 70.5 Å². The Bertz CT molecular complexity index is 862. The summed E-state index contributed by atoms with van der Waals surface area (Å²) in [5.41, 5.74) is 1.13. The lowest BCUT2D eigenvalue weighted by Gasteiger charge is -2.29. The molecule has 154 valence electrons. The van der Waals surface area contributed by atoms with Crippen LogP contribution < -0.4 is 5.32 Å². The van der Waals surface area contributed by atoms with Crippen LogP contribution in [0.3, 0.4) is 0 Å². The largest absolute Gasteiger partial charge is 0.354 e. The van der Waals surface area contributed by atoms with Crippen molar-refractivity contribution in [1.82, 2.24) is 10.2 Å². The number of rotatable bonds is 7. The second-order valence-electron chi connectivity index (χ2n) is 6.94. The smallest absolute Gasteiger partial charge is 0.257 e. The van der Waals surface area contributed by atoms with E-state index in [4.69, 9.17) is 11.6 Å². The number of thioether (sulfide) groups is 1. The van der Waals surface area contributed by atoms with E-state index in [2.05, 4.69) is 12.2 Å². The Morgan fingerprint density at radius 2 is 1.90 bits per heavy atom. The molecule has 0 radical (unpaired) electrons. The van der Waals surface area contributed by atoms with Gasteiger partial charge in [0.1, 0.15) is 17.2 Å². The number of carbonyl (C=O) groups excluding carboxylic acids is 2. The molecule has 2 unspecified atom stereocenters. The zero-order chi connectivity index (χ0) is 20.8. The van der Waals surface area contributed by atoms with Crippen molar-refractivity contribution in [3.8, 4) is 0 Å². The maximum Gasteiger partial charge on any atom is 0.257 e. The average molecular weight is 435 g/mol. The van der Waals surface area contributed by atoms with Gasteiger partial charge in [-0.15, -0.1) is 11.8 Å². The predicted molar refractivity (Wildman–Crippen MR) is 116 cm³/mol. The van der Waals surface area contributed by atoms with Crippen molar-refractivity contribution in [2.24, 2.45) is 0 Å². The van der Waals surface area contributed by atoms with Crippen molar-refractivity contribution >= 4 is 35.2 Å². The quantitative estimate of drug-likeness (QED) is 0.621. The third-order valence-electron chi connectivity index (χ3n) is 4.88. The van der Waals surface area contributed by atoms with Crippen molar-refractivity contribution in [3.63, 3.8) is 0 Å². The van der Waals surface area contributed by atoms with Gasteiger partial charge >= 0.3 is 0 Å². The standard InChI is InChI=1S/C22H24ClFN2O2S/c1-2-3-6-13-25-20(27)19-14-29-22(15-9-11-16(24)12-10-15)26(19)21(28)17-7-4-5-8-18(17)23/h4-5,7-12,19,22H,2-3,6,13-14H2,1H3,(H,25,27). The zero-order valence-electron chi connectivity index (χ0n) is 16.2. The van der Waals surface area contributed by atoms with Crippen LogP contribution in [-0.4, -0.2) is 35.1 Å². The van der Waals surface area contributed by atoms with Crippen LogP contribution >= 0.6 is 23.4 Å². The Balaban J connectivity index is 1.87. The maximum atomic E-state index is 13.4. The molecule has 0 aromatic heterocycles. The fourth-order valence-corrected chi connectivity index (χ4v) is 4.96. The number of unbranched alkanes of at least 4 members (excludes halogenated alkanes) is 2. The van der Waals surface area contributed by atoms with Gasteiger partial charge in [-0.1, -0.05) is 55.6 Å². The van der Waals surface area contributed by atoms with Gasteiger partial charge in [0, 0.05) is 12.3 Å². The fraction of sp³-hybridized carbons (Fsp3) is 0.364. The van der Waals surface area contributed by atoms with E-state index in [1.54, 1.807) is 41.3 Å². The molecular weight excluding hydrogens is 411 g/mol. The molecule has 1 aliphatic heterocycles. The first kappa shape index (κ1) is 21.7. The van der Waals surface area contributed by atoms with Gasteiger partial charge in [0.05, 0.1) is 10.6 Å². The molecule has 2 aromatic carbocycles. The first-order valence-electron chi connectivity index (χ1n) is 9.75. The molecule has 2 aromatic rings. The van der Waals surface area contributed by atoms with Crippen molar-refractivity contribution < 1.29 is 14.0 Å². The monoisotopic (exact) mass is 434 g/mol. The Morgan fingerprint density at radius 3 is 2.59 bits per heavy atom. The van der Waals surface area contributed by atoms with E-state index in [0.29, 0.717) is 22.9 Å². The highest BCUT2D eigenvalue weighted by atomic mass is 35.5. The molecule has 2 amide bonds. The molecule has 0 aliphatic carbocycles. The summed E-state index contributed by atoms with van der Waals surface area (Å²) in [4.78, 5) is 27.8. The summed E-state index contributed by atoms with van der Waals surface area (Å²) in [6.07, 6.45) is 3.01. The van der Waals surface area contributed by atoms with E-state index in [1.165, 1.54) is 23.9 Å². The van der Waals surface area contributed by atoms with Crippen LogP contribution in [0.25, 0.3) is 0 Å². The number of nitrogens with one attached hydrogen (secondary N) is 1. The highest BCUT2D eigenvalue weighted by molar-refractivity contribution is 7.99. The summed E-state index contributed by atoms with van der Waals surface area (Å²) in [6.45, 7) is 2.69. The number of hydrogen-bond donors (Lipinski definition) is 1. The van der Waals surface area contributed by atoms with Gasteiger partial charge < -0.3 is 10.2 Å². The summed E-state index contributed by atoms with van der Waals surface area (Å²) in [5.74, 6) is -0.342. The lowest BCUT2D eigenvalue weighted by molar-refractivity contribution is -0.124. The van der Waals surface area contributed by atoms with Crippen LogP contribution in [0.2, 0.25) is 5.02 Å². The molecule has 4 nitrogen and oxygen atoms in total. The molecule has 1 fully saturated rings. The molecular formula is C22H24ClFN2O2S.